The number of aliphatic hydroxyl groups is 1. The van der Waals surface area contributed by atoms with Gasteiger partial charge in [0.25, 0.3) is 0 Å². The summed E-state index contributed by atoms with van der Waals surface area (Å²) in [6.45, 7) is 10.1. The highest BCUT2D eigenvalue weighted by atomic mass is 16.6. The lowest BCUT2D eigenvalue weighted by molar-refractivity contribution is -0.146. The summed E-state index contributed by atoms with van der Waals surface area (Å²) in [5.41, 5.74) is -1.47. The first-order valence-electron chi connectivity index (χ1n) is 11.1. The minimum absolute atomic E-state index is 0.0180. The molecule has 0 heterocycles. The molecule has 0 aliphatic heterocycles. The molecule has 0 aromatic rings. The summed E-state index contributed by atoms with van der Waals surface area (Å²) in [6.07, 6.45) is 0.549. The number of amides is 2. The van der Waals surface area contributed by atoms with E-state index >= 15 is 0 Å². The van der Waals surface area contributed by atoms with Crippen molar-refractivity contribution < 1.29 is 43.6 Å². The van der Waals surface area contributed by atoms with Gasteiger partial charge >= 0.3 is 24.1 Å². The van der Waals surface area contributed by atoms with E-state index < -0.39 is 47.4 Å². The fourth-order valence-corrected chi connectivity index (χ4v) is 2.59. The predicted molar refractivity (Wildman–Crippen MR) is 120 cm³/mol. The molecule has 192 valence electrons. The quantitative estimate of drug-likeness (QED) is 0.178. The van der Waals surface area contributed by atoms with Gasteiger partial charge < -0.3 is 35.1 Å². The number of carbonyl (C=O) groups is 4. The van der Waals surface area contributed by atoms with Gasteiger partial charge in [0.2, 0.25) is 0 Å². The minimum Gasteiger partial charge on any atom is -0.480 e. The Hall–Kier alpha value is -2.56. The molecule has 0 aromatic carbocycles. The first kappa shape index (κ1) is 30.4. The number of rotatable bonds is 13. The van der Waals surface area contributed by atoms with Gasteiger partial charge in [-0.2, -0.15) is 0 Å². The van der Waals surface area contributed by atoms with E-state index in [9.17, 15) is 24.3 Å². The smallest absolute Gasteiger partial charge is 0.408 e. The molecule has 0 saturated heterocycles. The van der Waals surface area contributed by atoms with Crippen LogP contribution in [0, 0.1) is 0 Å². The summed E-state index contributed by atoms with van der Waals surface area (Å²) in [7, 11) is 0. The summed E-state index contributed by atoms with van der Waals surface area (Å²) < 4.78 is 15.5. The average molecular weight is 477 g/mol. The van der Waals surface area contributed by atoms with Gasteiger partial charge in [-0.05, 0) is 80.1 Å². The molecule has 0 radical (unpaired) electrons. The molecule has 11 heteroatoms. The second-order valence-corrected chi connectivity index (χ2v) is 9.62. The van der Waals surface area contributed by atoms with E-state index in [0.29, 0.717) is 25.7 Å². The predicted octanol–water partition coefficient (Wildman–Crippen LogP) is 2.73. The zero-order valence-electron chi connectivity index (χ0n) is 20.6. The number of ether oxygens (including phenoxy) is 3. The van der Waals surface area contributed by atoms with E-state index in [1.165, 1.54) is 0 Å². The van der Waals surface area contributed by atoms with Crippen molar-refractivity contribution in [2.75, 3.05) is 13.2 Å². The molecule has 0 aromatic heterocycles. The molecule has 0 unspecified atom stereocenters. The molecule has 0 spiro atoms. The van der Waals surface area contributed by atoms with Crippen LogP contribution in [-0.4, -0.2) is 70.8 Å². The van der Waals surface area contributed by atoms with Crippen molar-refractivity contribution in [1.82, 2.24) is 10.6 Å². The fraction of sp³-hybridized carbons (Fsp3) is 0.818. The number of hydrogen-bond acceptors (Lipinski definition) is 8. The van der Waals surface area contributed by atoms with Gasteiger partial charge in [-0.1, -0.05) is 0 Å². The highest BCUT2D eigenvalue weighted by molar-refractivity contribution is 5.81. The minimum atomic E-state index is -1.19. The number of nitrogens with one attached hydrogen (secondary N) is 2. The Balaban J connectivity index is 4.57. The van der Waals surface area contributed by atoms with Crippen LogP contribution in [0.5, 0.6) is 0 Å². The SMILES string of the molecule is CC(C)(C)OC(=O)N[C@@H](CCCCOC(=O)[C@H](CCCCO)NC(=O)OC(C)(C)C)C(=O)O. The van der Waals surface area contributed by atoms with Crippen LogP contribution in [0.2, 0.25) is 0 Å². The van der Waals surface area contributed by atoms with Gasteiger partial charge in [-0.25, -0.2) is 19.2 Å². The molecule has 0 fully saturated rings. The molecule has 2 amide bonds. The topological polar surface area (TPSA) is 160 Å². The normalized spacial score (nSPS) is 13.4. The third-order valence-corrected chi connectivity index (χ3v) is 4.00. The van der Waals surface area contributed by atoms with Crippen LogP contribution in [0.4, 0.5) is 9.59 Å². The van der Waals surface area contributed by atoms with Gasteiger partial charge in [0.1, 0.15) is 23.3 Å². The van der Waals surface area contributed by atoms with Crippen molar-refractivity contribution in [2.45, 2.75) is 103 Å². The van der Waals surface area contributed by atoms with E-state index in [-0.39, 0.29) is 26.1 Å². The summed E-state index contributed by atoms with van der Waals surface area (Å²) in [6, 6.07) is -2.05. The molecule has 0 saturated carbocycles. The Morgan fingerprint density at radius 2 is 1.21 bits per heavy atom. The van der Waals surface area contributed by atoms with Crippen molar-refractivity contribution in [3.8, 4) is 0 Å². The molecule has 0 aliphatic carbocycles. The number of carbonyl (C=O) groups excluding carboxylic acids is 3. The zero-order valence-corrected chi connectivity index (χ0v) is 20.6. The summed E-state index contributed by atoms with van der Waals surface area (Å²) in [4.78, 5) is 47.6. The van der Waals surface area contributed by atoms with Crippen molar-refractivity contribution >= 4 is 24.1 Å². The summed E-state index contributed by atoms with van der Waals surface area (Å²) in [5.74, 6) is -1.83. The van der Waals surface area contributed by atoms with E-state index in [0.717, 1.165) is 0 Å². The third kappa shape index (κ3) is 16.7. The number of unbranched alkanes of at least 4 members (excludes halogenated alkanes) is 2. The lowest BCUT2D eigenvalue weighted by Crippen LogP contribution is -2.44. The van der Waals surface area contributed by atoms with Gasteiger partial charge in [-0.15, -0.1) is 0 Å². The van der Waals surface area contributed by atoms with E-state index in [1.54, 1.807) is 41.5 Å². The number of hydrogen-bond donors (Lipinski definition) is 4. The van der Waals surface area contributed by atoms with Gasteiger partial charge in [0.15, 0.2) is 0 Å². The summed E-state index contributed by atoms with van der Waals surface area (Å²) >= 11 is 0. The molecule has 33 heavy (non-hydrogen) atoms. The van der Waals surface area contributed by atoms with Crippen molar-refractivity contribution in [3.05, 3.63) is 0 Å². The molecular formula is C22H40N2O9. The van der Waals surface area contributed by atoms with Gasteiger partial charge in [0.05, 0.1) is 6.61 Å². The van der Waals surface area contributed by atoms with E-state index in [1.807, 2.05) is 0 Å². The number of alkyl carbamates (subject to hydrolysis) is 2. The Kier molecular flexibility index (Phi) is 13.4. The lowest BCUT2D eigenvalue weighted by Gasteiger charge is -2.23. The maximum atomic E-state index is 12.4. The third-order valence-electron chi connectivity index (χ3n) is 4.00. The second kappa shape index (κ2) is 14.6. The maximum absolute atomic E-state index is 12.4. The number of esters is 1. The van der Waals surface area contributed by atoms with Crippen LogP contribution in [0.15, 0.2) is 0 Å². The molecule has 11 nitrogen and oxygen atoms in total. The van der Waals surface area contributed by atoms with Gasteiger partial charge in [0, 0.05) is 6.61 Å². The average Bonchev–Trinajstić information content (AvgIpc) is 2.62. The first-order valence-corrected chi connectivity index (χ1v) is 11.1. The van der Waals surface area contributed by atoms with Crippen LogP contribution in [0.25, 0.3) is 0 Å². The van der Waals surface area contributed by atoms with Crippen molar-refractivity contribution in [3.63, 3.8) is 0 Å². The second-order valence-electron chi connectivity index (χ2n) is 9.62. The highest BCUT2D eigenvalue weighted by Gasteiger charge is 2.26. The monoisotopic (exact) mass is 476 g/mol. The molecule has 0 bridgehead atoms. The van der Waals surface area contributed by atoms with E-state index in [4.69, 9.17) is 19.3 Å². The van der Waals surface area contributed by atoms with Gasteiger partial charge in [-0.3, -0.25) is 0 Å². The largest absolute Gasteiger partial charge is 0.480 e. The number of aliphatic carboxylic acids is 1. The number of carboxylic acid groups (broad SMARTS) is 1. The number of carboxylic acids is 1. The molecular weight excluding hydrogens is 436 g/mol. The number of aliphatic hydroxyl groups excluding tert-OH is 1. The standard InChI is InChI=1S/C22H40N2O9/c1-21(2,3)32-19(29)23-15(17(26)27)11-8-10-14-31-18(28)16(12-7-9-13-25)24-20(30)33-22(4,5)6/h15-16,25H,7-14H2,1-6H3,(H,23,29)(H,24,30)(H,26,27)/t15-,16-/m0/s1. The lowest BCUT2D eigenvalue weighted by atomic mass is 10.1. The Morgan fingerprint density at radius 1 is 0.758 bits per heavy atom. The van der Waals surface area contributed by atoms with Crippen LogP contribution in [-0.2, 0) is 23.8 Å². The maximum Gasteiger partial charge on any atom is 0.408 e. The first-order chi connectivity index (χ1) is 15.1. The molecule has 4 N–H and O–H groups in total. The molecule has 0 rings (SSSR count). The van der Waals surface area contributed by atoms with Crippen molar-refractivity contribution in [2.24, 2.45) is 0 Å². The highest BCUT2D eigenvalue weighted by Crippen LogP contribution is 2.11. The molecule has 2 atom stereocenters. The molecule has 0 aliphatic rings. The Morgan fingerprint density at radius 3 is 1.67 bits per heavy atom. The van der Waals surface area contributed by atoms with Crippen LogP contribution in [0.3, 0.4) is 0 Å². The van der Waals surface area contributed by atoms with E-state index in [2.05, 4.69) is 10.6 Å². The van der Waals surface area contributed by atoms with Crippen LogP contribution >= 0.6 is 0 Å². The summed E-state index contributed by atoms with van der Waals surface area (Å²) in [5, 5.41) is 23.0. The Labute approximate surface area is 195 Å². The zero-order chi connectivity index (χ0) is 25.7. The van der Waals surface area contributed by atoms with Crippen LogP contribution < -0.4 is 10.6 Å². The Bertz CT molecular complexity index is 639. The van der Waals surface area contributed by atoms with Crippen molar-refractivity contribution in [1.29, 1.82) is 0 Å². The van der Waals surface area contributed by atoms with Crippen LogP contribution in [0.1, 0.15) is 80.1 Å². The fourth-order valence-electron chi connectivity index (χ4n) is 2.59.